The van der Waals surface area contributed by atoms with Crippen molar-refractivity contribution < 1.29 is 28.0 Å². The Hall–Kier alpha value is -1.22. The van der Waals surface area contributed by atoms with Gasteiger partial charge in [0.05, 0.1) is 17.9 Å². The maximum Gasteiger partial charge on any atom is 0.267 e. The third-order valence-electron chi connectivity index (χ3n) is 6.98. The van der Waals surface area contributed by atoms with Gasteiger partial charge in [0.15, 0.2) is 0 Å². The Balaban J connectivity index is 4.08. The highest BCUT2D eigenvalue weighted by Crippen LogP contribution is 2.12. The van der Waals surface area contributed by atoms with E-state index >= 15 is 0 Å². The predicted molar refractivity (Wildman–Crippen MR) is 162 cm³/mol. The van der Waals surface area contributed by atoms with E-state index in [0.717, 1.165) is 57.8 Å². The number of hydrogen-bond donors (Lipinski definition) is 4. The van der Waals surface area contributed by atoms with Crippen molar-refractivity contribution in [3.63, 3.8) is 0 Å². The Morgan fingerprint density at radius 3 is 1.64 bits per heavy atom. The minimum absolute atomic E-state index is 0.273. The lowest BCUT2D eigenvalue weighted by molar-refractivity contribution is -0.130. The number of carbonyl (C=O) groups is 1. The molecule has 0 saturated carbocycles. The van der Waals surface area contributed by atoms with Crippen molar-refractivity contribution in [1.29, 1.82) is 0 Å². The average Bonchev–Trinajstić information content (AvgIpc) is 2.88. The van der Waals surface area contributed by atoms with Gasteiger partial charge in [-0.3, -0.25) is 9.35 Å². The number of amides is 1. The van der Waals surface area contributed by atoms with Gasteiger partial charge < -0.3 is 15.5 Å². The minimum Gasteiger partial charge on any atom is -0.387 e. The van der Waals surface area contributed by atoms with Crippen LogP contribution in [0.15, 0.2) is 24.3 Å². The van der Waals surface area contributed by atoms with Crippen LogP contribution in [-0.4, -0.2) is 53.1 Å². The first kappa shape index (κ1) is 37.8. The van der Waals surface area contributed by atoms with Crippen molar-refractivity contribution in [2.24, 2.45) is 0 Å². The monoisotopic (exact) mass is 573 g/mol. The third kappa shape index (κ3) is 25.5. The molecule has 8 heteroatoms. The van der Waals surface area contributed by atoms with E-state index in [2.05, 4.69) is 31.3 Å². The summed E-state index contributed by atoms with van der Waals surface area (Å²) in [7, 11) is -4.42. The molecular formula is C31H59NO6S. The number of unbranched alkanes of at least 4 members (excludes halogenated alkanes) is 16. The summed E-state index contributed by atoms with van der Waals surface area (Å²) >= 11 is 0. The summed E-state index contributed by atoms with van der Waals surface area (Å²) in [4.78, 5) is 12.4. The van der Waals surface area contributed by atoms with Gasteiger partial charge in [0.1, 0.15) is 6.10 Å². The van der Waals surface area contributed by atoms with Crippen LogP contribution < -0.4 is 5.32 Å². The first-order valence-electron chi connectivity index (χ1n) is 15.6. The Morgan fingerprint density at radius 2 is 1.13 bits per heavy atom. The van der Waals surface area contributed by atoms with Crippen LogP contribution >= 0.6 is 0 Å². The Morgan fingerprint density at radius 1 is 0.692 bits per heavy atom. The van der Waals surface area contributed by atoms with Gasteiger partial charge in [-0.15, -0.1) is 0 Å². The van der Waals surface area contributed by atoms with Crippen LogP contribution in [0.2, 0.25) is 0 Å². The Labute approximate surface area is 239 Å². The molecule has 0 fully saturated rings. The molecule has 3 unspecified atom stereocenters. The molecule has 0 aliphatic rings. The van der Waals surface area contributed by atoms with E-state index in [-0.39, 0.29) is 6.42 Å². The highest BCUT2D eigenvalue weighted by Gasteiger charge is 2.27. The van der Waals surface area contributed by atoms with E-state index < -0.39 is 40.0 Å². The fourth-order valence-corrected chi connectivity index (χ4v) is 5.24. The molecule has 0 aliphatic carbocycles. The molecule has 39 heavy (non-hydrogen) atoms. The maximum absolute atomic E-state index is 12.4. The summed E-state index contributed by atoms with van der Waals surface area (Å²) in [6, 6.07) is -1.23. The number of aliphatic hydroxyl groups is 2. The van der Waals surface area contributed by atoms with Crippen molar-refractivity contribution in [3.05, 3.63) is 24.3 Å². The molecule has 1 amide bonds. The second-order valence-electron chi connectivity index (χ2n) is 10.9. The lowest BCUT2D eigenvalue weighted by atomic mass is 10.0. The van der Waals surface area contributed by atoms with Crippen LogP contribution in [0.3, 0.4) is 0 Å². The SMILES string of the molecule is CCCCCC/C=C/C(O)C(CS(=O)(=O)O)NC(=O)C(O)CCCCCCCC/C=C\CCCCCCCC. The smallest absolute Gasteiger partial charge is 0.267 e. The van der Waals surface area contributed by atoms with Gasteiger partial charge in [-0.2, -0.15) is 8.42 Å². The quantitative estimate of drug-likeness (QED) is 0.0475. The normalized spacial score (nSPS) is 14.7. The molecular weight excluding hydrogens is 514 g/mol. The van der Waals surface area contributed by atoms with E-state index in [1.165, 1.54) is 63.9 Å². The summed E-state index contributed by atoms with van der Waals surface area (Å²) < 4.78 is 32.0. The molecule has 0 radical (unpaired) electrons. The van der Waals surface area contributed by atoms with Crippen molar-refractivity contribution >= 4 is 16.0 Å². The van der Waals surface area contributed by atoms with Gasteiger partial charge in [0.2, 0.25) is 5.91 Å². The molecule has 7 nitrogen and oxygen atoms in total. The topological polar surface area (TPSA) is 124 Å². The lowest BCUT2D eigenvalue weighted by Gasteiger charge is -2.22. The summed E-state index contributed by atoms with van der Waals surface area (Å²) in [6.07, 6.45) is 27.0. The van der Waals surface area contributed by atoms with E-state index in [1.807, 2.05) is 0 Å². The van der Waals surface area contributed by atoms with Crippen molar-refractivity contribution in [2.75, 3.05) is 5.75 Å². The molecule has 0 bridgehead atoms. The van der Waals surface area contributed by atoms with Gasteiger partial charge in [-0.05, 0) is 44.9 Å². The zero-order valence-electron chi connectivity index (χ0n) is 24.9. The zero-order chi connectivity index (χ0) is 29.2. The average molecular weight is 574 g/mol. The number of nitrogens with one attached hydrogen (secondary N) is 1. The van der Waals surface area contributed by atoms with E-state index in [9.17, 15) is 28.0 Å². The van der Waals surface area contributed by atoms with Crippen LogP contribution in [0.1, 0.15) is 142 Å². The molecule has 0 saturated heterocycles. The van der Waals surface area contributed by atoms with Gasteiger partial charge >= 0.3 is 0 Å². The molecule has 3 atom stereocenters. The van der Waals surface area contributed by atoms with Gasteiger partial charge in [-0.1, -0.05) is 122 Å². The molecule has 0 rings (SSSR count). The van der Waals surface area contributed by atoms with Crippen LogP contribution in [-0.2, 0) is 14.9 Å². The lowest BCUT2D eigenvalue weighted by Crippen LogP contribution is -2.50. The van der Waals surface area contributed by atoms with Crippen molar-refractivity contribution in [1.82, 2.24) is 5.32 Å². The molecule has 0 aromatic rings. The highest BCUT2D eigenvalue weighted by atomic mass is 32.2. The number of rotatable bonds is 27. The van der Waals surface area contributed by atoms with E-state index in [0.29, 0.717) is 6.42 Å². The van der Waals surface area contributed by atoms with Gasteiger partial charge in [0.25, 0.3) is 10.1 Å². The Bertz CT molecular complexity index is 737. The fourth-order valence-electron chi connectivity index (χ4n) is 4.51. The minimum atomic E-state index is -4.42. The summed E-state index contributed by atoms with van der Waals surface area (Å²) in [5, 5.41) is 23.0. The largest absolute Gasteiger partial charge is 0.387 e. The number of carbonyl (C=O) groups excluding carboxylic acids is 1. The second kappa shape index (κ2) is 25.7. The summed E-state index contributed by atoms with van der Waals surface area (Å²) in [5.74, 6) is -1.55. The van der Waals surface area contributed by atoms with Gasteiger partial charge in [-0.25, -0.2) is 0 Å². The first-order chi connectivity index (χ1) is 18.7. The molecule has 0 spiro atoms. The molecule has 0 aliphatic heterocycles. The van der Waals surface area contributed by atoms with E-state index in [1.54, 1.807) is 6.08 Å². The third-order valence-corrected chi connectivity index (χ3v) is 7.76. The summed E-state index contributed by atoms with van der Waals surface area (Å²) in [5.41, 5.74) is 0. The predicted octanol–water partition coefficient (Wildman–Crippen LogP) is 7.04. The van der Waals surface area contributed by atoms with Crippen LogP contribution in [0.25, 0.3) is 0 Å². The summed E-state index contributed by atoms with van der Waals surface area (Å²) in [6.45, 7) is 4.36. The molecule has 0 aromatic heterocycles. The fraction of sp³-hybridized carbons (Fsp3) is 0.839. The highest BCUT2D eigenvalue weighted by molar-refractivity contribution is 7.85. The number of hydrogen-bond acceptors (Lipinski definition) is 5. The maximum atomic E-state index is 12.4. The number of allylic oxidation sites excluding steroid dienone is 3. The first-order valence-corrected chi connectivity index (χ1v) is 17.3. The second-order valence-corrected chi connectivity index (χ2v) is 12.4. The van der Waals surface area contributed by atoms with Crippen LogP contribution in [0, 0.1) is 0 Å². The van der Waals surface area contributed by atoms with Crippen LogP contribution in [0.4, 0.5) is 0 Å². The zero-order valence-corrected chi connectivity index (χ0v) is 25.7. The van der Waals surface area contributed by atoms with Crippen LogP contribution in [0.5, 0.6) is 0 Å². The van der Waals surface area contributed by atoms with Crippen molar-refractivity contribution in [2.45, 2.75) is 161 Å². The van der Waals surface area contributed by atoms with E-state index in [4.69, 9.17) is 0 Å². The Kier molecular flexibility index (Phi) is 24.9. The van der Waals surface area contributed by atoms with Crippen molar-refractivity contribution in [3.8, 4) is 0 Å². The molecule has 230 valence electrons. The molecule has 4 N–H and O–H groups in total. The molecule has 0 aromatic carbocycles. The van der Waals surface area contributed by atoms with Gasteiger partial charge in [0, 0.05) is 0 Å². The number of aliphatic hydroxyl groups excluding tert-OH is 2. The molecule has 0 heterocycles. The standard InChI is InChI=1S/C31H59NO6S/c1-3-5-7-9-11-12-13-14-15-16-17-18-19-20-22-24-26-30(34)31(35)32-28(27-39(36,37)38)29(33)25-23-21-10-8-6-4-2/h14-15,23,25,28-30,33-34H,3-13,16-22,24,26-27H2,1-2H3,(H,32,35)(H,36,37,38)/b15-14-,25-23+.